The zero-order valence-corrected chi connectivity index (χ0v) is 8.60. The predicted molar refractivity (Wildman–Crippen MR) is 51.2 cm³/mol. The summed E-state index contributed by atoms with van der Waals surface area (Å²) in [5, 5.41) is 8.99. The molecule has 0 atom stereocenters. The molecule has 0 aliphatic heterocycles. The highest BCUT2D eigenvalue weighted by Gasteiger charge is 2.12. The standard InChI is InChI=1S/C7H12N4OS/c1-4(2)11-7(13)5(9-10-11)6(12)8-3/h4,10H,1-3H3,(H,8,12). The van der Waals surface area contributed by atoms with Crippen molar-refractivity contribution in [2.24, 2.45) is 0 Å². The smallest absolute Gasteiger partial charge is 0.274 e. The van der Waals surface area contributed by atoms with Gasteiger partial charge < -0.3 is 5.32 Å². The summed E-state index contributed by atoms with van der Waals surface area (Å²) in [6.45, 7) is 3.92. The maximum absolute atomic E-state index is 11.2. The first-order chi connectivity index (χ1) is 6.07. The van der Waals surface area contributed by atoms with Gasteiger partial charge in [-0.25, -0.2) is 5.21 Å². The maximum Gasteiger partial charge on any atom is 0.274 e. The second kappa shape index (κ2) is 3.69. The Morgan fingerprint density at radius 1 is 1.69 bits per heavy atom. The predicted octanol–water partition coefficient (Wildman–Crippen LogP) is 0.881. The van der Waals surface area contributed by atoms with Gasteiger partial charge in [-0.1, -0.05) is 12.2 Å². The van der Waals surface area contributed by atoms with E-state index in [2.05, 4.69) is 15.6 Å². The lowest BCUT2D eigenvalue weighted by Crippen LogP contribution is -2.18. The molecule has 5 nitrogen and oxygen atoms in total. The molecule has 1 rings (SSSR count). The largest absolute Gasteiger partial charge is 0.354 e. The van der Waals surface area contributed by atoms with Gasteiger partial charge in [0, 0.05) is 13.1 Å². The van der Waals surface area contributed by atoms with Crippen LogP contribution in [0.2, 0.25) is 0 Å². The van der Waals surface area contributed by atoms with Crippen molar-refractivity contribution in [2.75, 3.05) is 7.05 Å². The Bertz CT molecular complexity index is 365. The fraction of sp³-hybridized carbons (Fsp3) is 0.571. The van der Waals surface area contributed by atoms with E-state index in [1.807, 2.05) is 13.8 Å². The summed E-state index contributed by atoms with van der Waals surface area (Å²) in [5.74, 6) is -0.263. The van der Waals surface area contributed by atoms with Gasteiger partial charge in [-0.05, 0) is 13.8 Å². The molecular formula is C7H12N4OS. The van der Waals surface area contributed by atoms with Crippen molar-refractivity contribution < 1.29 is 4.79 Å². The number of carbonyl (C=O) groups is 1. The molecular weight excluding hydrogens is 188 g/mol. The normalized spacial score (nSPS) is 10.5. The highest BCUT2D eigenvalue weighted by Crippen LogP contribution is 2.05. The number of aromatic amines is 1. The molecule has 2 N–H and O–H groups in total. The summed E-state index contributed by atoms with van der Waals surface area (Å²) in [6, 6.07) is 0.179. The van der Waals surface area contributed by atoms with Crippen LogP contribution in [0, 0.1) is 4.64 Å². The number of hydrogen-bond acceptors (Lipinski definition) is 3. The molecule has 72 valence electrons. The van der Waals surface area contributed by atoms with Gasteiger partial charge >= 0.3 is 0 Å². The summed E-state index contributed by atoms with van der Waals surface area (Å²) in [6.07, 6.45) is 0. The Balaban J connectivity index is 3.14. The van der Waals surface area contributed by atoms with Gasteiger partial charge in [-0.3, -0.25) is 9.48 Å². The number of rotatable bonds is 2. The molecule has 0 spiro atoms. The number of carbonyl (C=O) groups excluding carboxylic acids is 1. The van der Waals surface area contributed by atoms with Gasteiger partial charge in [0.2, 0.25) is 0 Å². The van der Waals surface area contributed by atoms with E-state index >= 15 is 0 Å². The number of nitrogens with one attached hydrogen (secondary N) is 2. The topological polar surface area (TPSA) is 62.7 Å². The van der Waals surface area contributed by atoms with Gasteiger partial charge in [0.25, 0.3) is 5.91 Å². The molecule has 13 heavy (non-hydrogen) atoms. The van der Waals surface area contributed by atoms with Crippen molar-refractivity contribution >= 4 is 18.1 Å². The zero-order valence-electron chi connectivity index (χ0n) is 7.79. The fourth-order valence-corrected chi connectivity index (χ4v) is 1.32. The van der Waals surface area contributed by atoms with Crippen molar-refractivity contribution in [3.63, 3.8) is 0 Å². The summed E-state index contributed by atoms with van der Waals surface area (Å²) in [4.78, 5) is 11.2. The molecule has 0 saturated carbocycles. The van der Waals surface area contributed by atoms with Crippen molar-refractivity contribution in [3.8, 4) is 0 Å². The molecule has 6 heteroatoms. The first kappa shape index (κ1) is 9.91. The third kappa shape index (κ3) is 1.77. The van der Waals surface area contributed by atoms with Crippen molar-refractivity contribution in [1.82, 2.24) is 20.3 Å². The summed E-state index contributed by atoms with van der Waals surface area (Å²) in [7, 11) is 1.55. The van der Waals surface area contributed by atoms with Crippen LogP contribution >= 0.6 is 12.2 Å². The first-order valence-electron chi connectivity index (χ1n) is 3.97. The van der Waals surface area contributed by atoms with Crippen LogP contribution in [0.3, 0.4) is 0 Å². The lowest BCUT2D eigenvalue weighted by Gasteiger charge is -2.03. The fourth-order valence-electron chi connectivity index (χ4n) is 0.927. The van der Waals surface area contributed by atoms with E-state index in [4.69, 9.17) is 12.2 Å². The van der Waals surface area contributed by atoms with Gasteiger partial charge in [0.05, 0.1) is 0 Å². The molecule has 0 aliphatic rings. The molecule has 0 bridgehead atoms. The van der Waals surface area contributed by atoms with E-state index in [1.54, 1.807) is 11.7 Å². The second-order valence-corrected chi connectivity index (χ2v) is 3.30. The van der Waals surface area contributed by atoms with E-state index < -0.39 is 0 Å². The average Bonchev–Trinajstić information content (AvgIpc) is 2.46. The van der Waals surface area contributed by atoms with Gasteiger partial charge in [-0.2, -0.15) is 5.10 Å². The van der Waals surface area contributed by atoms with E-state index in [0.29, 0.717) is 4.64 Å². The molecule has 1 amide bonds. The van der Waals surface area contributed by atoms with Crippen LogP contribution in [0.15, 0.2) is 0 Å². The molecule has 0 fully saturated rings. The zero-order chi connectivity index (χ0) is 10.0. The van der Waals surface area contributed by atoms with Crippen LogP contribution in [-0.2, 0) is 0 Å². The minimum Gasteiger partial charge on any atom is -0.354 e. The van der Waals surface area contributed by atoms with Gasteiger partial charge in [-0.15, -0.1) is 0 Å². The lowest BCUT2D eigenvalue weighted by molar-refractivity contribution is 0.0957. The molecule has 0 unspecified atom stereocenters. The van der Waals surface area contributed by atoms with Crippen molar-refractivity contribution in [2.45, 2.75) is 19.9 Å². The summed E-state index contributed by atoms with van der Waals surface area (Å²) in [5.41, 5.74) is 0.270. The summed E-state index contributed by atoms with van der Waals surface area (Å²) >= 11 is 5.05. The molecule has 0 aliphatic carbocycles. The molecule has 0 radical (unpaired) electrons. The van der Waals surface area contributed by atoms with Crippen molar-refractivity contribution in [3.05, 3.63) is 10.3 Å². The Morgan fingerprint density at radius 3 is 2.69 bits per heavy atom. The SMILES string of the molecule is CNC(=O)c1n[nH]n(C(C)C)c1=S. The number of nitrogens with zero attached hydrogens (tertiary/aromatic N) is 2. The quantitative estimate of drug-likeness (QED) is 0.697. The third-order valence-corrected chi connectivity index (χ3v) is 2.04. The first-order valence-corrected chi connectivity index (χ1v) is 4.37. The van der Waals surface area contributed by atoms with Crippen LogP contribution in [0.5, 0.6) is 0 Å². The van der Waals surface area contributed by atoms with Crippen molar-refractivity contribution in [1.29, 1.82) is 0 Å². The Labute approximate surface area is 81.1 Å². The van der Waals surface area contributed by atoms with E-state index in [0.717, 1.165) is 0 Å². The van der Waals surface area contributed by atoms with Crippen LogP contribution in [0.25, 0.3) is 0 Å². The van der Waals surface area contributed by atoms with Crippen LogP contribution in [-0.4, -0.2) is 27.9 Å². The Hall–Kier alpha value is -1.17. The minimum atomic E-state index is -0.263. The summed E-state index contributed by atoms with van der Waals surface area (Å²) < 4.78 is 2.11. The second-order valence-electron chi connectivity index (χ2n) is 2.91. The average molecular weight is 200 g/mol. The van der Waals surface area contributed by atoms with E-state index in [-0.39, 0.29) is 17.6 Å². The molecule has 1 aromatic heterocycles. The Kier molecular flexibility index (Phi) is 2.82. The van der Waals surface area contributed by atoms with Gasteiger partial charge in [0.1, 0.15) is 0 Å². The van der Waals surface area contributed by atoms with E-state index in [9.17, 15) is 4.79 Å². The van der Waals surface area contributed by atoms with Crippen LogP contribution in [0.1, 0.15) is 30.4 Å². The molecule has 1 aromatic rings. The number of amides is 1. The lowest BCUT2D eigenvalue weighted by atomic mass is 10.4. The number of aromatic nitrogens is 3. The monoisotopic (exact) mass is 200 g/mol. The number of hydrogen-bond donors (Lipinski definition) is 2. The van der Waals surface area contributed by atoms with E-state index in [1.165, 1.54) is 0 Å². The minimum absolute atomic E-state index is 0.179. The van der Waals surface area contributed by atoms with Crippen LogP contribution < -0.4 is 5.32 Å². The highest BCUT2D eigenvalue weighted by molar-refractivity contribution is 7.71. The maximum atomic E-state index is 11.2. The Morgan fingerprint density at radius 2 is 2.31 bits per heavy atom. The number of H-pyrrole nitrogens is 1. The molecule has 0 aromatic carbocycles. The van der Waals surface area contributed by atoms with Crippen LogP contribution in [0.4, 0.5) is 0 Å². The molecule has 1 heterocycles. The highest BCUT2D eigenvalue weighted by atomic mass is 32.1. The van der Waals surface area contributed by atoms with Gasteiger partial charge in [0.15, 0.2) is 10.3 Å². The molecule has 0 saturated heterocycles. The third-order valence-electron chi connectivity index (χ3n) is 1.65.